The van der Waals surface area contributed by atoms with Gasteiger partial charge >= 0.3 is 0 Å². The van der Waals surface area contributed by atoms with Crippen molar-refractivity contribution in [2.24, 2.45) is 0 Å². The van der Waals surface area contributed by atoms with Gasteiger partial charge in [0.2, 0.25) is 5.91 Å². The van der Waals surface area contributed by atoms with Crippen molar-refractivity contribution in [3.05, 3.63) is 36.5 Å². The van der Waals surface area contributed by atoms with E-state index in [9.17, 15) is 15.0 Å². The van der Waals surface area contributed by atoms with E-state index in [1.807, 2.05) is 6.08 Å². The van der Waals surface area contributed by atoms with Gasteiger partial charge in [-0.1, -0.05) is 249 Å². The van der Waals surface area contributed by atoms with Crippen LogP contribution in [0.15, 0.2) is 36.5 Å². The Bertz CT molecular complexity index is 866. The number of aliphatic hydroxyl groups excluding tert-OH is 2. The summed E-state index contributed by atoms with van der Waals surface area (Å²) < 4.78 is 0. The van der Waals surface area contributed by atoms with Gasteiger partial charge in [0.05, 0.1) is 18.8 Å². The van der Waals surface area contributed by atoms with Gasteiger partial charge in [-0.15, -0.1) is 0 Å². The lowest BCUT2D eigenvalue weighted by atomic mass is 10.0. The normalized spacial score (nSPS) is 13.1. The molecule has 0 aromatic carbocycles. The molecular weight excluding hydrogens is 699 g/mol. The number of rotatable bonds is 47. The zero-order chi connectivity index (χ0) is 41.4. The first kappa shape index (κ1) is 55.6. The quantitative estimate of drug-likeness (QED) is 0.0424. The molecule has 0 rings (SSSR count). The highest BCUT2D eigenvalue weighted by molar-refractivity contribution is 5.76. The fraction of sp³-hybridized carbons (Fsp3) is 0.868. The summed E-state index contributed by atoms with van der Waals surface area (Å²) in [5, 5.41) is 23.0. The molecule has 57 heavy (non-hydrogen) atoms. The molecule has 0 aromatic heterocycles. The van der Waals surface area contributed by atoms with Crippen molar-refractivity contribution in [1.29, 1.82) is 0 Å². The molecule has 0 aromatic rings. The molecular formula is C53H101NO3. The molecule has 0 saturated carbocycles. The maximum absolute atomic E-state index is 12.3. The van der Waals surface area contributed by atoms with Gasteiger partial charge in [0.1, 0.15) is 0 Å². The minimum Gasteiger partial charge on any atom is -0.394 e. The molecule has 1 amide bonds. The topological polar surface area (TPSA) is 69.6 Å². The standard InChI is InChI=1S/C53H101NO3/c1-3-5-7-9-11-13-15-17-18-19-20-21-22-23-24-25-26-27-28-29-30-31-32-33-34-35-36-37-38-40-42-44-46-48-52(56)51(50-55)54-53(57)49-47-45-43-41-39-16-14-12-10-8-6-4-2/h12,14,38,40,46,48,51-52,55-56H,3-11,13,15-37,39,41-45,47,49-50H2,1-2H3,(H,54,57)/b14-12-,40-38+,48-46+. The maximum Gasteiger partial charge on any atom is 0.220 e. The van der Waals surface area contributed by atoms with E-state index < -0.39 is 12.1 Å². The molecule has 4 heteroatoms. The fourth-order valence-corrected chi connectivity index (χ4v) is 7.90. The number of amides is 1. The molecule has 4 nitrogen and oxygen atoms in total. The number of aliphatic hydroxyl groups is 2. The third-order valence-corrected chi connectivity index (χ3v) is 11.8. The number of hydrogen-bond donors (Lipinski definition) is 3. The summed E-state index contributed by atoms with van der Waals surface area (Å²) in [5.41, 5.74) is 0. The van der Waals surface area contributed by atoms with Crippen LogP contribution in [0.5, 0.6) is 0 Å². The van der Waals surface area contributed by atoms with E-state index in [0.717, 1.165) is 44.9 Å². The smallest absolute Gasteiger partial charge is 0.220 e. The van der Waals surface area contributed by atoms with Crippen molar-refractivity contribution >= 4 is 5.91 Å². The van der Waals surface area contributed by atoms with Crippen LogP contribution in [0.2, 0.25) is 0 Å². The fourth-order valence-electron chi connectivity index (χ4n) is 7.90. The molecule has 2 atom stereocenters. The Labute approximate surface area is 357 Å². The highest BCUT2D eigenvalue weighted by Gasteiger charge is 2.17. The van der Waals surface area contributed by atoms with Crippen LogP contribution in [0, 0.1) is 0 Å². The number of unbranched alkanes of at least 4 members (excludes halogenated alkanes) is 36. The molecule has 0 aliphatic carbocycles. The first-order valence-corrected chi connectivity index (χ1v) is 25.7. The van der Waals surface area contributed by atoms with E-state index >= 15 is 0 Å². The summed E-state index contributed by atoms with van der Waals surface area (Å²) in [5.74, 6) is -0.0828. The lowest BCUT2D eigenvalue weighted by molar-refractivity contribution is -0.123. The Morgan fingerprint density at radius 3 is 1.05 bits per heavy atom. The predicted octanol–water partition coefficient (Wildman–Crippen LogP) is 16.5. The van der Waals surface area contributed by atoms with Gasteiger partial charge in [-0.05, 0) is 57.8 Å². The second kappa shape index (κ2) is 49.0. The monoisotopic (exact) mass is 800 g/mol. The van der Waals surface area contributed by atoms with Gasteiger partial charge < -0.3 is 15.5 Å². The highest BCUT2D eigenvalue weighted by atomic mass is 16.3. The highest BCUT2D eigenvalue weighted by Crippen LogP contribution is 2.17. The largest absolute Gasteiger partial charge is 0.394 e. The van der Waals surface area contributed by atoms with Crippen molar-refractivity contribution in [3.8, 4) is 0 Å². The molecule has 0 radical (unpaired) electrons. The van der Waals surface area contributed by atoms with Gasteiger partial charge in [-0.2, -0.15) is 0 Å². The molecule has 0 aliphatic rings. The Kier molecular flexibility index (Phi) is 47.8. The van der Waals surface area contributed by atoms with E-state index in [2.05, 4.69) is 43.5 Å². The van der Waals surface area contributed by atoms with Crippen LogP contribution in [0.25, 0.3) is 0 Å². The Morgan fingerprint density at radius 2 is 0.684 bits per heavy atom. The van der Waals surface area contributed by atoms with Crippen LogP contribution in [0.4, 0.5) is 0 Å². The van der Waals surface area contributed by atoms with Crippen LogP contribution in [-0.4, -0.2) is 34.9 Å². The first-order valence-electron chi connectivity index (χ1n) is 25.7. The van der Waals surface area contributed by atoms with Crippen molar-refractivity contribution in [3.63, 3.8) is 0 Å². The van der Waals surface area contributed by atoms with Gasteiger partial charge in [-0.25, -0.2) is 0 Å². The zero-order valence-electron chi connectivity index (χ0n) is 38.6. The van der Waals surface area contributed by atoms with Crippen molar-refractivity contribution in [1.82, 2.24) is 5.32 Å². The maximum atomic E-state index is 12.3. The van der Waals surface area contributed by atoms with Crippen LogP contribution in [0.3, 0.4) is 0 Å². The molecule has 0 fully saturated rings. The van der Waals surface area contributed by atoms with E-state index in [1.54, 1.807) is 6.08 Å². The molecule has 336 valence electrons. The Balaban J connectivity index is 3.46. The van der Waals surface area contributed by atoms with Crippen LogP contribution < -0.4 is 5.32 Å². The van der Waals surface area contributed by atoms with E-state index in [1.165, 1.54) is 212 Å². The lowest BCUT2D eigenvalue weighted by Crippen LogP contribution is -2.45. The molecule has 0 spiro atoms. The third-order valence-electron chi connectivity index (χ3n) is 11.8. The Hall–Kier alpha value is -1.39. The first-order chi connectivity index (χ1) is 28.2. The molecule has 0 aliphatic heterocycles. The molecule has 3 N–H and O–H groups in total. The summed E-state index contributed by atoms with van der Waals surface area (Å²) in [6.07, 6.45) is 65.9. The molecule has 0 saturated heterocycles. The third kappa shape index (κ3) is 45.5. The van der Waals surface area contributed by atoms with Gasteiger partial charge in [-0.3, -0.25) is 4.79 Å². The number of nitrogens with one attached hydrogen (secondary N) is 1. The molecule has 2 unspecified atom stereocenters. The number of hydrogen-bond acceptors (Lipinski definition) is 3. The molecule has 0 bridgehead atoms. The summed E-state index contributed by atoms with van der Waals surface area (Å²) in [7, 11) is 0. The minimum atomic E-state index is -0.864. The second-order valence-electron chi connectivity index (χ2n) is 17.6. The summed E-state index contributed by atoms with van der Waals surface area (Å²) >= 11 is 0. The van der Waals surface area contributed by atoms with Crippen LogP contribution in [-0.2, 0) is 4.79 Å². The number of carbonyl (C=O) groups excluding carboxylic acids is 1. The zero-order valence-corrected chi connectivity index (χ0v) is 38.6. The van der Waals surface area contributed by atoms with Crippen molar-refractivity contribution < 1.29 is 15.0 Å². The Morgan fingerprint density at radius 1 is 0.404 bits per heavy atom. The second-order valence-corrected chi connectivity index (χ2v) is 17.6. The van der Waals surface area contributed by atoms with Crippen LogP contribution in [0.1, 0.15) is 277 Å². The van der Waals surface area contributed by atoms with Crippen molar-refractivity contribution in [2.45, 2.75) is 289 Å². The number of carbonyl (C=O) groups is 1. The van der Waals surface area contributed by atoms with E-state index in [-0.39, 0.29) is 12.5 Å². The summed E-state index contributed by atoms with van der Waals surface area (Å²) in [6.45, 7) is 4.28. The van der Waals surface area contributed by atoms with Gasteiger partial charge in [0, 0.05) is 6.42 Å². The van der Waals surface area contributed by atoms with Crippen molar-refractivity contribution in [2.75, 3.05) is 6.61 Å². The lowest BCUT2D eigenvalue weighted by Gasteiger charge is -2.19. The van der Waals surface area contributed by atoms with Gasteiger partial charge in [0.15, 0.2) is 0 Å². The average molecular weight is 800 g/mol. The predicted molar refractivity (Wildman–Crippen MR) is 253 cm³/mol. The molecule has 0 heterocycles. The summed E-state index contributed by atoms with van der Waals surface area (Å²) in [4.78, 5) is 12.3. The van der Waals surface area contributed by atoms with Gasteiger partial charge in [0.25, 0.3) is 0 Å². The minimum absolute atomic E-state index is 0.0828. The number of allylic oxidation sites excluding steroid dienone is 5. The summed E-state index contributed by atoms with van der Waals surface area (Å²) in [6, 6.07) is -0.642. The SMILES string of the molecule is CCCCC/C=C\CCCCCCCC(=O)NC(CO)C(O)/C=C/CC/C=C/CCCCCCCCCCCCCCCCCCCCCCCCCCCCC. The van der Waals surface area contributed by atoms with Crippen LogP contribution >= 0.6 is 0 Å². The van der Waals surface area contributed by atoms with E-state index in [4.69, 9.17) is 0 Å². The average Bonchev–Trinajstić information content (AvgIpc) is 3.22. The van der Waals surface area contributed by atoms with E-state index in [0.29, 0.717) is 6.42 Å².